The van der Waals surface area contributed by atoms with E-state index in [1.54, 1.807) is 12.1 Å². The number of hydrogen-bond donors (Lipinski definition) is 2. The van der Waals surface area contributed by atoms with Crippen molar-refractivity contribution in [2.75, 3.05) is 11.9 Å². The SMILES string of the molecule is Cc1cc(Br)c(NC(=O)CNC(c2ccc(F)cc2)C(C)C)c(Br)c1. The first-order chi connectivity index (χ1) is 11.8. The zero-order chi connectivity index (χ0) is 18.6. The monoisotopic (exact) mass is 470 g/mol. The summed E-state index contributed by atoms with van der Waals surface area (Å²) >= 11 is 6.95. The first-order valence-electron chi connectivity index (χ1n) is 8.02. The Morgan fingerprint density at radius 3 is 2.20 bits per heavy atom. The first kappa shape index (κ1) is 20.1. The van der Waals surface area contributed by atoms with Gasteiger partial charge >= 0.3 is 0 Å². The van der Waals surface area contributed by atoms with Crippen LogP contribution in [0.3, 0.4) is 0 Å². The summed E-state index contributed by atoms with van der Waals surface area (Å²) in [5.74, 6) is -0.146. The topological polar surface area (TPSA) is 41.1 Å². The van der Waals surface area contributed by atoms with Crippen LogP contribution in [0.1, 0.15) is 31.0 Å². The summed E-state index contributed by atoms with van der Waals surface area (Å²) in [5, 5.41) is 6.17. The molecule has 1 amide bonds. The van der Waals surface area contributed by atoms with Crippen molar-refractivity contribution in [2.45, 2.75) is 26.8 Å². The van der Waals surface area contributed by atoms with Gasteiger partial charge in [-0.3, -0.25) is 4.79 Å². The minimum atomic E-state index is -0.266. The molecule has 0 aliphatic carbocycles. The van der Waals surface area contributed by atoms with Gasteiger partial charge in [0.15, 0.2) is 0 Å². The number of anilines is 1. The molecule has 0 aromatic heterocycles. The van der Waals surface area contributed by atoms with Crippen LogP contribution in [-0.2, 0) is 4.79 Å². The van der Waals surface area contributed by atoms with Crippen LogP contribution in [0.5, 0.6) is 0 Å². The van der Waals surface area contributed by atoms with Gasteiger partial charge in [-0.25, -0.2) is 4.39 Å². The third kappa shape index (κ3) is 5.62. The molecule has 2 N–H and O–H groups in total. The molecule has 1 unspecified atom stereocenters. The lowest BCUT2D eigenvalue weighted by atomic mass is 9.96. The van der Waals surface area contributed by atoms with Crippen LogP contribution in [0.4, 0.5) is 10.1 Å². The molecule has 0 radical (unpaired) electrons. The normalized spacial score (nSPS) is 12.3. The zero-order valence-electron chi connectivity index (χ0n) is 14.4. The number of carbonyl (C=O) groups is 1. The van der Waals surface area contributed by atoms with Gasteiger partial charge < -0.3 is 10.6 Å². The molecule has 0 bridgehead atoms. The molecule has 0 saturated carbocycles. The minimum absolute atomic E-state index is 0.0313. The lowest BCUT2D eigenvalue weighted by Crippen LogP contribution is -2.33. The summed E-state index contributed by atoms with van der Waals surface area (Å²) in [7, 11) is 0. The van der Waals surface area contributed by atoms with E-state index in [1.807, 2.05) is 19.1 Å². The van der Waals surface area contributed by atoms with Gasteiger partial charge in [0.25, 0.3) is 0 Å². The number of carbonyl (C=O) groups excluding carboxylic acids is 1. The third-order valence-corrected chi connectivity index (χ3v) is 5.08. The Balaban J connectivity index is 2.03. The Kier molecular flexibility index (Phi) is 7.16. The molecule has 2 aromatic carbocycles. The number of rotatable bonds is 6. The van der Waals surface area contributed by atoms with Crippen molar-refractivity contribution < 1.29 is 9.18 Å². The second kappa shape index (κ2) is 8.92. The maximum atomic E-state index is 13.1. The molecule has 0 aliphatic rings. The van der Waals surface area contributed by atoms with Crippen molar-refractivity contribution in [3.05, 3.63) is 62.3 Å². The largest absolute Gasteiger partial charge is 0.323 e. The smallest absolute Gasteiger partial charge is 0.238 e. The molecule has 0 fully saturated rings. The number of hydrogen-bond acceptors (Lipinski definition) is 2. The Bertz CT molecular complexity index is 725. The van der Waals surface area contributed by atoms with Crippen molar-refractivity contribution in [1.29, 1.82) is 0 Å². The Hall–Kier alpha value is -1.24. The highest BCUT2D eigenvalue weighted by Gasteiger charge is 2.17. The van der Waals surface area contributed by atoms with Crippen LogP contribution in [0.25, 0.3) is 0 Å². The summed E-state index contributed by atoms with van der Waals surface area (Å²) in [6.07, 6.45) is 0. The predicted octanol–water partition coefficient (Wildman–Crippen LogP) is 5.58. The van der Waals surface area contributed by atoms with Crippen molar-refractivity contribution in [2.24, 2.45) is 5.92 Å². The van der Waals surface area contributed by atoms with E-state index in [2.05, 4.69) is 56.3 Å². The number of aryl methyl sites for hydroxylation is 1. The van der Waals surface area contributed by atoms with Crippen LogP contribution in [0, 0.1) is 18.7 Å². The van der Waals surface area contributed by atoms with Gasteiger partial charge in [-0.1, -0.05) is 26.0 Å². The van der Waals surface area contributed by atoms with Crippen LogP contribution in [0.15, 0.2) is 45.3 Å². The Morgan fingerprint density at radius 2 is 1.68 bits per heavy atom. The molecule has 0 aliphatic heterocycles. The number of halogens is 3. The van der Waals surface area contributed by atoms with Crippen molar-refractivity contribution in [3.8, 4) is 0 Å². The highest BCUT2D eigenvalue weighted by atomic mass is 79.9. The third-order valence-electron chi connectivity index (χ3n) is 3.83. The lowest BCUT2D eigenvalue weighted by Gasteiger charge is -2.23. The predicted molar refractivity (Wildman–Crippen MR) is 107 cm³/mol. The maximum absolute atomic E-state index is 13.1. The van der Waals surface area contributed by atoms with Crippen molar-refractivity contribution >= 4 is 43.5 Å². The van der Waals surface area contributed by atoms with Gasteiger partial charge in [0.1, 0.15) is 5.82 Å². The molecule has 2 rings (SSSR count). The Labute approximate surface area is 164 Å². The highest BCUT2D eigenvalue weighted by Crippen LogP contribution is 2.32. The van der Waals surface area contributed by atoms with Crippen LogP contribution in [0.2, 0.25) is 0 Å². The minimum Gasteiger partial charge on any atom is -0.323 e. The number of nitrogens with one attached hydrogen (secondary N) is 2. The van der Waals surface area contributed by atoms with E-state index in [0.717, 1.165) is 20.1 Å². The first-order valence-corrected chi connectivity index (χ1v) is 9.61. The molecule has 3 nitrogen and oxygen atoms in total. The molecular weight excluding hydrogens is 451 g/mol. The van der Waals surface area contributed by atoms with Gasteiger partial charge in [0, 0.05) is 15.0 Å². The van der Waals surface area contributed by atoms with E-state index >= 15 is 0 Å². The fraction of sp³-hybridized carbons (Fsp3) is 0.316. The van der Waals surface area contributed by atoms with E-state index in [9.17, 15) is 9.18 Å². The van der Waals surface area contributed by atoms with E-state index < -0.39 is 0 Å². The van der Waals surface area contributed by atoms with Gasteiger partial charge in [-0.2, -0.15) is 0 Å². The summed E-state index contributed by atoms with van der Waals surface area (Å²) in [6.45, 7) is 6.27. The summed E-state index contributed by atoms with van der Waals surface area (Å²) < 4.78 is 14.8. The maximum Gasteiger partial charge on any atom is 0.238 e. The molecule has 0 spiro atoms. The Morgan fingerprint density at radius 1 is 1.12 bits per heavy atom. The molecule has 2 aromatic rings. The molecule has 0 heterocycles. The van der Waals surface area contributed by atoms with Gasteiger partial charge in [0.05, 0.1) is 12.2 Å². The second-order valence-electron chi connectivity index (χ2n) is 6.31. The van der Waals surface area contributed by atoms with Crippen LogP contribution >= 0.6 is 31.9 Å². The molecule has 134 valence electrons. The summed E-state index contributed by atoms with van der Waals surface area (Å²) in [5.41, 5.74) is 2.76. The average molecular weight is 472 g/mol. The molecule has 6 heteroatoms. The molecule has 25 heavy (non-hydrogen) atoms. The van der Waals surface area contributed by atoms with E-state index in [4.69, 9.17) is 0 Å². The van der Waals surface area contributed by atoms with Crippen molar-refractivity contribution in [1.82, 2.24) is 5.32 Å². The molecule has 1 atom stereocenters. The quantitative estimate of drug-likeness (QED) is 0.576. The zero-order valence-corrected chi connectivity index (χ0v) is 17.5. The molecule has 0 saturated heterocycles. The standard InChI is InChI=1S/C19H21Br2FN2O/c1-11(2)18(13-4-6-14(22)7-5-13)23-10-17(25)24-19-15(20)8-12(3)9-16(19)21/h4-9,11,18,23H,10H2,1-3H3,(H,24,25). The van der Waals surface area contributed by atoms with E-state index in [-0.39, 0.29) is 30.2 Å². The summed E-state index contributed by atoms with van der Waals surface area (Å²) in [6, 6.07) is 10.2. The fourth-order valence-electron chi connectivity index (χ4n) is 2.61. The van der Waals surface area contributed by atoms with Gasteiger partial charge in [-0.15, -0.1) is 0 Å². The van der Waals surface area contributed by atoms with Gasteiger partial charge in [-0.05, 0) is 80.1 Å². The lowest BCUT2D eigenvalue weighted by molar-refractivity contribution is -0.115. The fourth-order valence-corrected chi connectivity index (χ4v) is 4.23. The van der Waals surface area contributed by atoms with Gasteiger partial charge in [0.2, 0.25) is 5.91 Å². The molecular formula is C19H21Br2FN2O. The van der Waals surface area contributed by atoms with Crippen LogP contribution in [-0.4, -0.2) is 12.5 Å². The number of benzene rings is 2. The van der Waals surface area contributed by atoms with E-state index in [1.165, 1.54) is 12.1 Å². The van der Waals surface area contributed by atoms with E-state index in [0.29, 0.717) is 5.69 Å². The number of amides is 1. The second-order valence-corrected chi connectivity index (χ2v) is 8.01. The average Bonchev–Trinajstić information content (AvgIpc) is 2.52. The highest BCUT2D eigenvalue weighted by molar-refractivity contribution is 9.11. The van der Waals surface area contributed by atoms with Crippen molar-refractivity contribution in [3.63, 3.8) is 0 Å². The van der Waals surface area contributed by atoms with Crippen LogP contribution < -0.4 is 10.6 Å². The summed E-state index contributed by atoms with van der Waals surface area (Å²) in [4.78, 5) is 12.3.